The third-order valence-corrected chi connectivity index (χ3v) is 1.94. The van der Waals surface area contributed by atoms with Crippen LogP contribution in [-0.4, -0.2) is 11.2 Å². The number of rotatable bonds is 3. The summed E-state index contributed by atoms with van der Waals surface area (Å²) < 4.78 is 0. The van der Waals surface area contributed by atoms with Gasteiger partial charge >= 0.3 is 0 Å². The van der Waals surface area contributed by atoms with Gasteiger partial charge in [0.1, 0.15) is 0 Å². The van der Waals surface area contributed by atoms with Crippen LogP contribution in [-0.2, 0) is 0 Å². The number of nitrogens with two attached hydrogens (primary N) is 1. The van der Waals surface area contributed by atoms with E-state index in [4.69, 9.17) is 5.73 Å². The van der Waals surface area contributed by atoms with Gasteiger partial charge in [0.15, 0.2) is 0 Å². The van der Waals surface area contributed by atoms with Gasteiger partial charge in [-0.1, -0.05) is 42.5 Å². The molecule has 0 heterocycles. The lowest BCUT2D eigenvalue weighted by Gasteiger charge is -2.15. The fourth-order valence-electron chi connectivity index (χ4n) is 1.19. The van der Waals surface area contributed by atoms with Crippen molar-refractivity contribution in [3.8, 4) is 0 Å². The summed E-state index contributed by atoms with van der Waals surface area (Å²) in [6, 6.07) is 9.25. The lowest BCUT2D eigenvalue weighted by atomic mass is 10.0. The molecule has 1 aromatic rings. The van der Waals surface area contributed by atoms with E-state index in [0.29, 0.717) is 0 Å². The molecule has 0 aliphatic heterocycles. The van der Waals surface area contributed by atoms with Crippen molar-refractivity contribution in [1.82, 2.24) is 0 Å². The van der Waals surface area contributed by atoms with E-state index in [1.807, 2.05) is 37.3 Å². The molecule has 1 rings (SSSR count). The monoisotopic (exact) mass is 177 g/mol. The Morgan fingerprint density at radius 3 is 2.46 bits per heavy atom. The van der Waals surface area contributed by atoms with Gasteiger partial charge in [0.2, 0.25) is 0 Å². The average Bonchev–Trinajstić information content (AvgIpc) is 2.18. The molecule has 0 fully saturated rings. The van der Waals surface area contributed by atoms with Crippen LogP contribution in [0.25, 0.3) is 0 Å². The standard InChI is InChI=1S/C11H15NO/c1-2-6-10(13)11(12)9-7-4-3-5-8-9/h2-8,10-11,13H,12H2,1H3/b6-2+/t10-,11+/m1/s1. The summed E-state index contributed by atoms with van der Waals surface area (Å²) in [7, 11) is 0. The summed E-state index contributed by atoms with van der Waals surface area (Å²) in [4.78, 5) is 0. The number of benzene rings is 1. The summed E-state index contributed by atoms with van der Waals surface area (Å²) in [5, 5.41) is 9.56. The number of hydrogen-bond donors (Lipinski definition) is 2. The first kappa shape index (κ1) is 9.96. The zero-order valence-corrected chi connectivity index (χ0v) is 7.72. The van der Waals surface area contributed by atoms with Gasteiger partial charge in [-0.3, -0.25) is 0 Å². The number of allylic oxidation sites excluding steroid dienone is 1. The van der Waals surface area contributed by atoms with E-state index in [9.17, 15) is 5.11 Å². The van der Waals surface area contributed by atoms with Crippen LogP contribution in [0.4, 0.5) is 0 Å². The van der Waals surface area contributed by atoms with Gasteiger partial charge in [0.05, 0.1) is 12.1 Å². The van der Waals surface area contributed by atoms with Crippen molar-refractivity contribution in [2.75, 3.05) is 0 Å². The van der Waals surface area contributed by atoms with E-state index in [2.05, 4.69) is 0 Å². The molecular weight excluding hydrogens is 162 g/mol. The number of aliphatic hydroxyl groups excluding tert-OH is 1. The molecule has 3 N–H and O–H groups in total. The van der Waals surface area contributed by atoms with Crippen molar-refractivity contribution in [2.45, 2.75) is 19.1 Å². The zero-order chi connectivity index (χ0) is 9.68. The number of hydrogen-bond acceptors (Lipinski definition) is 2. The van der Waals surface area contributed by atoms with Crippen molar-refractivity contribution >= 4 is 0 Å². The highest BCUT2D eigenvalue weighted by Gasteiger charge is 2.12. The molecule has 70 valence electrons. The van der Waals surface area contributed by atoms with Crippen molar-refractivity contribution in [2.24, 2.45) is 5.73 Å². The highest BCUT2D eigenvalue weighted by Crippen LogP contribution is 2.14. The largest absolute Gasteiger partial charge is 0.387 e. The Bertz CT molecular complexity index is 269. The molecule has 0 aromatic heterocycles. The van der Waals surface area contributed by atoms with Crippen molar-refractivity contribution in [1.29, 1.82) is 0 Å². The van der Waals surface area contributed by atoms with E-state index >= 15 is 0 Å². The minimum absolute atomic E-state index is 0.336. The van der Waals surface area contributed by atoms with Crippen LogP contribution < -0.4 is 5.73 Å². The molecule has 2 heteroatoms. The fraction of sp³-hybridized carbons (Fsp3) is 0.273. The van der Waals surface area contributed by atoms with Crippen LogP contribution in [0.5, 0.6) is 0 Å². The maximum atomic E-state index is 9.56. The van der Waals surface area contributed by atoms with Gasteiger partial charge < -0.3 is 10.8 Å². The summed E-state index contributed by atoms with van der Waals surface area (Å²) in [5.41, 5.74) is 6.78. The molecule has 0 bridgehead atoms. The Kier molecular flexibility index (Phi) is 3.68. The SMILES string of the molecule is C/C=C/[C@@H](O)[C@@H](N)c1ccccc1. The second-order valence-corrected chi connectivity index (χ2v) is 2.95. The molecule has 0 saturated heterocycles. The van der Waals surface area contributed by atoms with Gasteiger partial charge in [0, 0.05) is 0 Å². The fourth-order valence-corrected chi connectivity index (χ4v) is 1.19. The average molecular weight is 177 g/mol. The molecule has 2 nitrogen and oxygen atoms in total. The predicted octanol–water partition coefficient (Wildman–Crippen LogP) is 1.62. The molecule has 0 saturated carbocycles. The van der Waals surface area contributed by atoms with Gasteiger partial charge in [0.25, 0.3) is 0 Å². The van der Waals surface area contributed by atoms with Gasteiger partial charge in [-0.2, -0.15) is 0 Å². The predicted molar refractivity (Wildman–Crippen MR) is 54.2 cm³/mol. The molecule has 0 spiro atoms. The van der Waals surface area contributed by atoms with Crippen molar-refractivity contribution < 1.29 is 5.11 Å². The third-order valence-electron chi connectivity index (χ3n) is 1.94. The first-order chi connectivity index (χ1) is 6.25. The minimum atomic E-state index is -0.604. The molecular formula is C11H15NO. The summed E-state index contributed by atoms with van der Waals surface area (Å²) in [6.45, 7) is 1.86. The quantitative estimate of drug-likeness (QED) is 0.689. The smallest absolute Gasteiger partial charge is 0.0913 e. The lowest BCUT2D eigenvalue weighted by Crippen LogP contribution is -2.24. The van der Waals surface area contributed by atoms with Crippen LogP contribution in [0.15, 0.2) is 42.5 Å². The van der Waals surface area contributed by atoms with E-state index in [1.54, 1.807) is 12.2 Å². The summed E-state index contributed by atoms with van der Waals surface area (Å²) >= 11 is 0. The molecule has 0 radical (unpaired) electrons. The maximum Gasteiger partial charge on any atom is 0.0913 e. The first-order valence-electron chi connectivity index (χ1n) is 4.37. The van der Waals surface area contributed by atoms with Crippen LogP contribution in [0.1, 0.15) is 18.5 Å². The first-order valence-corrected chi connectivity index (χ1v) is 4.37. The molecule has 0 amide bonds. The third kappa shape index (κ3) is 2.68. The van der Waals surface area contributed by atoms with Crippen molar-refractivity contribution in [3.05, 3.63) is 48.0 Å². The molecule has 13 heavy (non-hydrogen) atoms. The Morgan fingerprint density at radius 2 is 1.92 bits per heavy atom. The van der Waals surface area contributed by atoms with E-state index in [-0.39, 0.29) is 6.04 Å². The summed E-state index contributed by atoms with van der Waals surface area (Å²) in [5.74, 6) is 0. The Balaban J connectivity index is 2.73. The lowest BCUT2D eigenvalue weighted by molar-refractivity contribution is 0.192. The number of aliphatic hydroxyl groups is 1. The van der Waals surface area contributed by atoms with Gasteiger partial charge in [-0.25, -0.2) is 0 Å². The Labute approximate surface area is 78.7 Å². The molecule has 0 aliphatic rings. The molecule has 0 aliphatic carbocycles. The highest BCUT2D eigenvalue weighted by atomic mass is 16.3. The second-order valence-electron chi connectivity index (χ2n) is 2.95. The van der Waals surface area contributed by atoms with Crippen LogP contribution in [0.3, 0.4) is 0 Å². The molecule has 1 aromatic carbocycles. The second kappa shape index (κ2) is 4.80. The van der Waals surface area contributed by atoms with E-state index < -0.39 is 6.10 Å². The highest BCUT2D eigenvalue weighted by molar-refractivity contribution is 5.20. The molecule has 2 atom stereocenters. The van der Waals surface area contributed by atoms with Crippen LogP contribution >= 0.6 is 0 Å². The Hall–Kier alpha value is -1.12. The van der Waals surface area contributed by atoms with Crippen LogP contribution in [0.2, 0.25) is 0 Å². The van der Waals surface area contributed by atoms with Crippen molar-refractivity contribution in [3.63, 3.8) is 0 Å². The van der Waals surface area contributed by atoms with E-state index in [1.165, 1.54) is 0 Å². The zero-order valence-electron chi connectivity index (χ0n) is 7.72. The van der Waals surface area contributed by atoms with E-state index in [0.717, 1.165) is 5.56 Å². The minimum Gasteiger partial charge on any atom is -0.387 e. The van der Waals surface area contributed by atoms with Gasteiger partial charge in [-0.15, -0.1) is 0 Å². The molecule has 0 unspecified atom stereocenters. The van der Waals surface area contributed by atoms with Gasteiger partial charge in [-0.05, 0) is 12.5 Å². The van der Waals surface area contributed by atoms with Crippen LogP contribution in [0, 0.1) is 0 Å². The normalized spacial score (nSPS) is 15.9. The summed E-state index contributed by atoms with van der Waals surface area (Å²) in [6.07, 6.45) is 2.89. The topological polar surface area (TPSA) is 46.2 Å². The Morgan fingerprint density at radius 1 is 1.31 bits per heavy atom. The maximum absolute atomic E-state index is 9.56.